The van der Waals surface area contributed by atoms with Gasteiger partial charge in [-0.05, 0) is 49.9 Å². The topological polar surface area (TPSA) is 91.8 Å². The van der Waals surface area contributed by atoms with E-state index in [-0.39, 0.29) is 29.6 Å². The molecular weight excluding hydrogens is 468 g/mol. The van der Waals surface area contributed by atoms with E-state index < -0.39 is 0 Å². The maximum atomic E-state index is 13.2. The van der Waals surface area contributed by atoms with Crippen molar-refractivity contribution in [2.24, 2.45) is 11.8 Å². The number of nitrogens with one attached hydrogen (secondary N) is 1. The fourth-order valence-corrected chi connectivity index (χ4v) is 4.75. The Bertz CT molecular complexity index is 1010. The third-order valence-corrected chi connectivity index (χ3v) is 6.83. The van der Waals surface area contributed by atoms with Gasteiger partial charge in [0, 0.05) is 38.3 Å². The number of amides is 3. The lowest BCUT2D eigenvalue weighted by molar-refractivity contribution is -0.143. The molecule has 2 fully saturated rings. The van der Waals surface area contributed by atoms with Crippen LogP contribution in [0.3, 0.4) is 0 Å². The van der Waals surface area contributed by atoms with Crippen molar-refractivity contribution in [2.45, 2.75) is 32.1 Å². The zero-order valence-corrected chi connectivity index (χ0v) is 20.5. The lowest BCUT2D eigenvalue weighted by Gasteiger charge is -2.37. The number of benzene rings is 1. The Morgan fingerprint density at radius 1 is 0.971 bits per heavy atom. The average Bonchev–Trinajstić information content (AvgIpc) is 2.90. The van der Waals surface area contributed by atoms with Crippen molar-refractivity contribution in [1.82, 2.24) is 14.8 Å². The van der Waals surface area contributed by atoms with Gasteiger partial charge >= 0.3 is 0 Å². The molecule has 0 spiro atoms. The van der Waals surface area contributed by atoms with Crippen molar-refractivity contribution >= 4 is 35.1 Å². The lowest BCUT2D eigenvalue weighted by atomic mass is 9.92. The van der Waals surface area contributed by atoms with Crippen LogP contribution in [0.15, 0.2) is 48.7 Å². The quantitative estimate of drug-likeness (QED) is 0.629. The highest BCUT2D eigenvalue weighted by atomic mass is 35.5. The molecule has 9 heteroatoms. The third-order valence-electron chi connectivity index (χ3n) is 6.61. The van der Waals surface area contributed by atoms with Gasteiger partial charge in [-0.2, -0.15) is 0 Å². The standard InChI is InChI=1S/C26H31ClN4O4/c27-21-8-9-23(28-17-21)29-25(33)19-10-14-30(15-11-19)26(34)20-5-4-13-31(18-20)24(32)12-16-35-22-6-2-1-3-7-22/h1-3,6-9,17,19-20H,4-5,10-16,18H2,(H,28,29,33). The lowest BCUT2D eigenvalue weighted by Crippen LogP contribution is -2.49. The Hall–Kier alpha value is -3.13. The van der Waals surface area contributed by atoms with Gasteiger partial charge in [-0.15, -0.1) is 0 Å². The Labute approximate surface area is 210 Å². The van der Waals surface area contributed by atoms with Crippen molar-refractivity contribution in [1.29, 1.82) is 0 Å². The molecule has 0 saturated carbocycles. The first-order chi connectivity index (χ1) is 17.0. The summed E-state index contributed by atoms with van der Waals surface area (Å²) >= 11 is 5.84. The van der Waals surface area contributed by atoms with Crippen molar-refractivity contribution in [2.75, 3.05) is 38.1 Å². The molecule has 4 rings (SSSR count). The molecule has 2 aromatic rings. The first-order valence-corrected chi connectivity index (χ1v) is 12.5. The van der Waals surface area contributed by atoms with Gasteiger partial charge in [-0.25, -0.2) is 4.98 Å². The summed E-state index contributed by atoms with van der Waals surface area (Å²) in [6, 6.07) is 12.8. The largest absolute Gasteiger partial charge is 0.493 e. The maximum Gasteiger partial charge on any atom is 0.228 e. The van der Waals surface area contributed by atoms with Crippen molar-refractivity contribution in [3.05, 3.63) is 53.7 Å². The van der Waals surface area contributed by atoms with E-state index >= 15 is 0 Å². The molecule has 1 N–H and O–H groups in total. The zero-order chi connectivity index (χ0) is 24.6. The molecule has 2 saturated heterocycles. The summed E-state index contributed by atoms with van der Waals surface area (Å²) in [5.41, 5.74) is 0. The minimum atomic E-state index is -0.189. The minimum absolute atomic E-state index is 0.0182. The smallest absolute Gasteiger partial charge is 0.228 e. The van der Waals surface area contributed by atoms with Crippen LogP contribution in [0.25, 0.3) is 0 Å². The second-order valence-electron chi connectivity index (χ2n) is 9.04. The van der Waals surface area contributed by atoms with E-state index in [9.17, 15) is 14.4 Å². The average molecular weight is 499 g/mol. The molecule has 8 nitrogen and oxygen atoms in total. The van der Waals surface area contributed by atoms with Crippen molar-refractivity contribution in [3.63, 3.8) is 0 Å². The SMILES string of the molecule is O=C(Nc1ccc(Cl)cn1)C1CCN(C(=O)C2CCCN(C(=O)CCOc3ccccc3)C2)CC1. The Balaban J connectivity index is 1.21. The molecule has 1 atom stereocenters. The number of rotatable bonds is 7. The van der Waals surface area contributed by atoms with Crippen LogP contribution in [-0.2, 0) is 14.4 Å². The first-order valence-electron chi connectivity index (χ1n) is 12.2. The van der Waals surface area contributed by atoms with E-state index in [4.69, 9.17) is 16.3 Å². The summed E-state index contributed by atoms with van der Waals surface area (Å²) in [5.74, 6) is 0.884. The summed E-state index contributed by atoms with van der Waals surface area (Å²) in [5, 5.41) is 3.34. The van der Waals surface area contributed by atoms with Gasteiger partial charge < -0.3 is 19.9 Å². The summed E-state index contributed by atoms with van der Waals surface area (Å²) in [7, 11) is 0. The Morgan fingerprint density at radius 2 is 1.74 bits per heavy atom. The Morgan fingerprint density at radius 3 is 2.46 bits per heavy atom. The number of anilines is 1. The fraction of sp³-hybridized carbons (Fsp3) is 0.462. The molecule has 2 aliphatic heterocycles. The van der Waals surface area contributed by atoms with Crippen LogP contribution in [0.2, 0.25) is 5.02 Å². The predicted octanol–water partition coefficient (Wildman–Crippen LogP) is 3.62. The molecule has 0 bridgehead atoms. The van der Waals surface area contributed by atoms with Crippen LogP contribution in [0, 0.1) is 11.8 Å². The number of halogens is 1. The van der Waals surface area contributed by atoms with Gasteiger partial charge in [-0.3, -0.25) is 14.4 Å². The number of piperidine rings is 2. The van der Waals surface area contributed by atoms with Crippen molar-refractivity contribution < 1.29 is 19.1 Å². The second-order valence-corrected chi connectivity index (χ2v) is 9.48. The number of carbonyl (C=O) groups is 3. The number of likely N-dealkylation sites (tertiary alicyclic amines) is 2. The van der Waals surface area contributed by atoms with Crippen LogP contribution in [-0.4, -0.2) is 65.3 Å². The zero-order valence-electron chi connectivity index (χ0n) is 19.7. The van der Waals surface area contributed by atoms with Crippen LogP contribution in [0.5, 0.6) is 5.75 Å². The first kappa shape index (κ1) is 25.0. The highest BCUT2D eigenvalue weighted by Crippen LogP contribution is 2.25. The van der Waals surface area contributed by atoms with E-state index in [2.05, 4.69) is 10.3 Å². The van der Waals surface area contributed by atoms with Gasteiger partial charge in [0.05, 0.1) is 24.0 Å². The van der Waals surface area contributed by atoms with Crippen LogP contribution >= 0.6 is 11.6 Å². The van der Waals surface area contributed by atoms with Crippen LogP contribution < -0.4 is 10.1 Å². The number of hydrogen-bond donors (Lipinski definition) is 1. The van der Waals surface area contributed by atoms with E-state index in [1.54, 1.807) is 17.0 Å². The summed E-state index contributed by atoms with van der Waals surface area (Å²) in [6.07, 6.45) is 4.60. The number of nitrogens with zero attached hydrogens (tertiary/aromatic N) is 3. The monoisotopic (exact) mass is 498 g/mol. The van der Waals surface area contributed by atoms with Gasteiger partial charge in [0.1, 0.15) is 11.6 Å². The molecule has 0 aliphatic carbocycles. The van der Waals surface area contributed by atoms with Gasteiger partial charge in [0.2, 0.25) is 17.7 Å². The third kappa shape index (κ3) is 6.94. The van der Waals surface area contributed by atoms with E-state index in [0.717, 1.165) is 18.6 Å². The molecule has 1 aromatic carbocycles. The van der Waals surface area contributed by atoms with E-state index in [1.807, 2.05) is 35.2 Å². The maximum absolute atomic E-state index is 13.2. The van der Waals surface area contributed by atoms with Gasteiger partial charge in [0.15, 0.2) is 0 Å². The van der Waals surface area contributed by atoms with Gasteiger partial charge in [-0.1, -0.05) is 29.8 Å². The molecule has 0 radical (unpaired) electrons. The molecule has 2 aliphatic rings. The fourth-order valence-electron chi connectivity index (χ4n) is 4.63. The normalized spacial score (nSPS) is 18.7. The molecule has 1 aromatic heterocycles. The molecular formula is C26H31ClN4O4. The number of para-hydroxylation sites is 1. The molecule has 3 amide bonds. The molecule has 35 heavy (non-hydrogen) atoms. The second kappa shape index (κ2) is 12.0. The predicted molar refractivity (Wildman–Crippen MR) is 133 cm³/mol. The number of hydrogen-bond acceptors (Lipinski definition) is 5. The highest BCUT2D eigenvalue weighted by molar-refractivity contribution is 6.30. The summed E-state index contributed by atoms with van der Waals surface area (Å²) in [4.78, 5) is 46.2. The Kier molecular flexibility index (Phi) is 8.58. The van der Waals surface area contributed by atoms with Crippen molar-refractivity contribution in [3.8, 4) is 5.75 Å². The van der Waals surface area contributed by atoms with Crippen LogP contribution in [0.4, 0.5) is 5.82 Å². The number of carbonyl (C=O) groups excluding carboxylic acids is 3. The molecule has 186 valence electrons. The highest BCUT2D eigenvalue weighted by Gasteiger charge is 2.34. The number of ether oxygens (including phenoxy) is 1. The molecule has 1 unspecified atom stereocenters. The van der Waals surface area contributed by atoms with Gasteiger partial charge in [0.25, 0.3) is 0 Å². The van der Waals surface area contributed by atoms with E-state index in [0.29, 0.717) is 62.9 Å². The van der Waals surface area contributed by atoms with Crippen LogP contribution in [0.1, 0.15) is 32.1 Å². The number of pyridine rings is 1. The molecule has 3 heterocycles. The van der Waals surface area contributed by atoms with E-state index in [1.165, 1.54) is 6.20 Å². The number of aromatic nitrogens is 1. The minimum Gasteiger partial charge on any atom is -0.493 e. The summed E-state index contributed by atoms with van der Waals surface area (Å²) in [6.45, 7) is 2.53. The summed E-state index contributed by atoms with van der Waals surface area (Å²) < 4.78 is 5.64.